The summed E-state index contributed by atoms with van der Waals surface area (Å²) in [5, 5.41) is 6.50. The van der Waals surface area contributed by atoms with E-state index in [1.165, 1.54) is 0 Å². The van der Waals surface area contributed by atoms with Crippen LogP contribution in [0.15, 0.2) is 4.42 Å². The van der Waals surface area contributed by atoms with E-state index in [4.69, 9.17) is 0 Å². The van der Waals surface area contributed by atoms with Crippen LogP contribution in [0.2, 0.25) is 0 Å². The van der Waals surface area contributed by atoms with E-state index in [0.717, 1.165) is 19.3 Å². The van der Waals surface area contributed by atoms with Crippen molar-refractivity contribution < 1.29 is 17.6 Å². The van der Waals surface area contributed by atoms with Crippen molar-refractivity contribution in [2.75, 3.05) is 0 Å². The minimum atomic E-state index is -4.52. The Kier molecular flexibility index (Phi) is 1.25. The van der Waals surface area contributed by atoms with Gasteiger partial charge in [0.15, 0.2) is 0 Å². The van der Waals surface area contributed by atoms with Crippen molar-refractivity contribution in [1.82, 2.24) is 10.2 Å². The number of hydrogen-bond donors (Lipinski definition) is 0. The topological polar surface area (TPSA) is 38.9 Å². The van der Waals surface area contributed by atoms with E-state index < -0.39 is 12.1 Å². The maximum Gasteiger partial charge on any atom is 0.470 e. The highest BCUT2D eigenvalue weighted by atomic mass is 19.4. The zero-order chi connectivity index (χ0) is 9.97. The van der Waals surface area contributed by atoms with E-state index in [1.54, 1.807) is 0 Å². The van der Waals surface area contributed by atoms with Crippen molar-refractivity contribution in [2.45, 2.75) is 30.9 Å². The minimum Gasteiger partial charge on any atom is -0.417 e. The molecule has 1 heterocycles. The number of alkyl halides is 3. The highest BCUT2D eigenvalue weighted by molar-refractivity contribution is 5.22. The van der Waals surface area contributed by atoms with Gasteiger partial charge < -0.3 is 4.42 Å². The summed E-state index contributed by atoms with van der Waals surface area (Å²) in [7, 11) is 0. The van der Waals surface area contributed by atoms with E-state index in [0.29, 0.717) is 5.92 Å². The molecule has 0 radical (unpaired) electrons. The maximum atomic E-state index is 12.1. The summed E-state index contributed by atoms with van der Waals surface area (Å²) >= 11 is 0. The molecule has 1 aromatic rings. The minimum absolute atomic E-state index is 0.173. The van der Waals surface area contributed by atoms with E-state index in [2.05, 4.69) is 14.6 Å². The molecule has 3 fully saturated rings. The van der Waals surface area contributed by atoms with Gasteiger partial charge in [0, 0.05) is 5.41 Å². The summed E-state index contributed by atoms with van der Waals surface area (Å²) in [6.45, 7) is 0. The Morgan fingerprint density at radius 2 is 1.86 bits per heavy atom. The van der Waals surface area contributed by atoms with Gasteiger partial charge in [-0.15, -0.1) is 10.2 Å². The van der Waals surface area contributed by atoms with Gasteiger partial charge in [-0.05, 0) is 25.2 Å². The maximum absolute atomic E-state index is 12.1. The van der Waals surface area contributed by atoms with Crippen molar-refractivity contribution in [1.29, 1.82) is 0 Å². The monoisotopic (exact) mass is 204 g/mol. The molecule has 14 heavy (non-hydrogen) atoms. The first-order valence-electron chi connectivity index (χ1n) is 4.41. The lowest BCUT2D eigenvalue weighted by Crippen LogP contribution is -2.55. The van der Waals surface area contributed by atoms with Crippen LogP contribution in [0.25, 0.3) is 0 Å². The fraction of sp³-hybridized carbons (Fsp3) is 0.750. The largest absolute Gasteiger partial charge is 0.470 e. The molecule has 0 aromatic carbocycles. The van der Waals surface area contributed by atoms with Crippen LogP contribution in [-0.2, 0) is 11.6 Å². The van der Waals surface area contributed by atoms with Crippen molar-refractivity contribution in [3.63, 3.8) is 0 Å². The zero-order valence-corrected chi connectivity index (χ0v) is 7.14. The number of rotatable bonds is 1. The van der Waals surface area contributed by atoms with Gasteiger partial charge in [-0.25, -0.2) is 0 Å². The molecule has 0 spiro atoms. The average Bonchev–Trinajstić information content (AvgIpc) is 2.26. The first-order valence-corrected chi connectivity index (χ1v) is 4.41. The summed E-state index contributed by atoms with van der Waals surface area (Å²) < 4.78 is 41.0. The third-order valence-electron chi connectivity index (χ3n) is 3.16. The molecule has 2 bridgehead atoms. The lowest BCUT2D eigenvalue weighted by Gasteiger charge is -2.59. The fourth-order valence-electron chi connectivity index (χ4n) is 2.29. The Hall–Kier alpha value is -1.07. The normalized spacial score (nSPS) is 34.9. The molecular formula is C8H7F3N2O. The van der Waals surface area contributed by atoms with Crippen molar-refractivity contribution in [3.8, 4) is 0 Å². The third kappa shape index (κ3) is 0.883. The second kappa shape index (κ2) is 2.12. The molecule has 0 amide bonds. The van der Waals surface area contributed by atoms with Crippen LogP contribution in [0, 0.1) is 5.92 Å². The van der Waals surface area contributed by atoms with Crippen LogP contribution >= 0.6 is 0 Å². The first-order chi connectivity index (χ1) is 6.50. The van der Waals surface area contributed by atoms with E-state index >= 15 is 0 Å². The Morgan fingerprint density at radius 3 is 2.21 bits per heavy atom. The lowest BCUT2D eigenvalue weighted by molar-refractivity contribution is -0.159. The van der Waals surface area contributed by atoms with Crippen molar-refractivity contribution in [3.05, 3.63) is 11.8 Å². The molecule has 0 atom stereocenters. The summed E-state index contributed by atoms with van der Waals surface area (Å²) in [6.07, 6.45) is -1.79. The molecule has 0 N–H and O–H groups in total. The van der Waals surface area contributed by atoms with Gasteiger partial charge in [-0.1, -0.05) is 0 Å². The molecule has 3 saturated carbocycles. The standard InChI is InChI=1S/C8H7F3N2O/c9-8(10,11)6-13-12-5(14-6)7-1-4(2-7)3-7/h4H,1-3H2. The molecule has 4 rings (SSSR count). The Bertz CT molecular complexity index is 367. The van der Waals surface area contributed by atoms with Gasteiger partial charge in [0.1, 0.15) is 0 Å². The number of aromatic nitrogens is 2. The van der Waals surface area contributed by atoms with Crippen LogP contribution in [0.3, 0.4) is 0 Å². The zero-order valence-electron chi connectivity index (χ0n) is 7.14. The van der Waals surface area contributed by atoms with E-state index in [9.17, 15) is 13.2 Å². The van der Waals surface area contributed by atoms with Gasteiger partial charge in [0.2, 0.25) is 5.89 Å². The summed E-state index contributed by atoms with van der Waals surface area (Å²) in [5.74, 6) is -0.374. The molecule has 76 valence electrons. The van der Waals surface area contributed by atoms with Crippen LogP contribution in [-0.4, -0.2) is 10.2 Å². The smallest absolute Gasteiger partial charge is 0.417 e. The SMILES string of the molecule is FC(F)(F)c1nnc(C23CC(C2)C3)o1. The molecule has 0 saturated heterocycles. The number of hydrogen-bond acceptors (Lipinski definition) is 3. The molecule has 3 aliphatic carbocycles. The molecule has 0 aliphatic heterocycles. The van der Waals surface area contributed by atoms with E-state index in [-0.39, 0.29) is 11.3 Å². The summed E-state index contributed by atoms with van der Waals surface area (Å²) in [5.41, 5.74) is -0.193. The Morgan fingerprint density at radius 1 is 1.21 bits per heavy atom. The second-order valence-electron chi connectivity index (χ2n) is 4.17. The van der Waals surface area contributed by atoms with E-state index in [1.807, 2.05) is 0 Å². The molecular weight excluding hydrogens is 197 g/mol. The second-order valence-corrected chi connectivity index (χ2v) is 4.17. The predicted molar refractivity (Wildman–Crippen MR) is 38.3 cm³/mol. The third-order valence-corrected chi connectivity index (χ3v) is 3.16. The van der Waals surface area contributed by atoms with Crippen LogP contribution in [0.4, 0.5) is 13.2 Å². The number of halogens is 3. The van der Waals surface area contributed by atoms with Gasteiger partial charge in [0.05, 0.1) is 0 Å². The summed E-state index contributed by atoms with van der Waals surface area (Å²) in [4.78, 5) is 0. The predicted octanol–water partition coefficient (Wildman–Crippen LogP) is 2.14. The molecule has 3 nitrogen and oxygen atoms in total. The average molecular weight is 204 g/mol. The first kappa shape index (κ1) is 8.26. The lowest BCUT2D eigenvalue weighted by atomic mass is 9.44. The fourth-order valence-corrected chi connectivity index (χ4v) is 2.29. The Labute approximate surface area is 77.3 Å². The van der Waals surface area contributed by atoms with Gasteiger partial charge in [0.25, 0.3) is 0 Å². The van der Waals surface area contributed by atoms with Crippen LogP contribution in [0.5, 0.6) is 0 Å². The van der Waals surface area contributed by atoms with Crippen LogP contribution in [0.1, 0.15) is 31.0 Å². The van der Waals surface area contributed by atoms with Crippen LogP contribution < -0.4 is 0 Å². The Balaban J connectivity index is 1.90. The highest BCUT2D eigenvalue weighted by Crippen LogP contribution is 2.64. The van der Waals surface area contributed by atoms with Gasteiger partial charge >= 0.3 is 12.1 Å². The van der Waals surface area contributed by atoms with Gasteiger partial charge in [-0.3, -0.25) is 0 Å². The molecule has 0 unspecified atom stereocenters. The summed E-state index contributed by atoms with van der Waals surface area (Å²) in [6, 6.07) is 0. The highest BCUT2D eigenvalue weighted by Gasteiger charge is 2.61. The molecule has 3 aliphatic rings. The number of nitrogens with zero attached hydrogens (tertiary/aromatic N) is 2. The molecule has 1 aromatic heterocycles. The quantitative estimate of drug-likeness (QED) is 0.703. The van der Waals surface area contributed by atoms with Crippen molar-refractivity contribution in [2.24, 2.45) is 5.92 Å². The van der Waals surface area contributed by atoms with Gasteiger partial charge in [-0.2, -0.15) is 13.2 Å². The van der Waals surface area contributed by atoms with Crippen molar-refractivity contribution >= 4 is 0 Å². The molecule has 6 heteroatoms.